The summed E-state index contributed by atoms with van der Waals surface area (Å²) in [5.74, 6) is 0.912. The Morgan fingerprint density at radius 2 is 1.97 bits per heavy atom. The van der Waals surface area contributed by atoms with Gasteiger partial charge >= 0.3 is 0 Å². The number of aromatic nitrogens is 1. The SMILES string of the molecule is Cc1ccn(-c2cccc(C(C)C)c2)c(=O)c1C(=O)NCC1CC2CCN1CC2. The Hall–Kier alpha value is -2.40. The van der Waals surface area contributed by atoms with E-state index in [1.807, 2.05) is 31.2 Å². The first-order chi connectivity index (χ1) is 13.9. The highest BCUT2D eigenvalue weighted by Crippen LogP contribution is 2.31. The van der Waals surface area contributed by atoms with E-state index < -0.39 is 0 Å². The third-order valence-electron chi connectivity index (χ3n) is 6.61. The van der Waals surface area contributed by atoms with E-state index in [0.29, 0.717) is 24.1 Å². The number of aryl methyl sites for hydroxylation is 1. The normalized spacial score (nSPS) is 23.4. The third kappa shape index (κ3) is 4.01. The number of carbonyl (C=O) groups excluding carboxylic acids is 1. The van der Waals surface area contributed by atoms with E-state index in [1.54, 1.807) is 10.8 Å². The minimum Gasteiger partial charge on any atom is -0.350 e. The smallest absolute Gasteiger partial charge is 0.268 e. The van der Waals surface area contributed by atoms with Gasteiger partial charge in [-0.3, -0.25) is 19.1 Å². The molecular weight excluding hydrogens is 362 g/mol. The lowest BCUT2D eigenvalue weighted by atomic mass is 9.83. The van der Waals surface area contributed by atoms with Gasteiger partial charge in [0.15, 0.2) is 0 Å². The van der Waals surface area contributed by atoms with Gasteiger partial charge in [0.25, 0.3) is 11.5 Å². The maximum Gasteiger partial charge on any atom is 0.268 e. The van der Waals surface area contributed by atoms with Crippen LogP contribution in [0.1, 0.15) is 60.5 Å². The molecule has 3 saturated heterocycles. The van der Waals surface area contributed by atoms with Crippen molar-refractivity contribution < 1.29 is 4.79 Å². The van der Waals surface area contributed by atoms with Crippen molar-refractivity contribution in [3.05, 3.63) is 63.6 Å². The Morgan fingerprint density at radius 1 is 1.21 bits per heavy atom. The zero-order valence-electron chi connectivity index (χ0n) is 17.6. The Bertz CT molecular complexity index is 955. The Kier molecular flexibility index (Phi) is 5.59. The molecule has 2 bridgehead atoms. The van der Waals surface area contributed by atoms with Crippen molar-refractivity contribution in [1.82, 2.24) is 14.8 Å². The van der Waals surface area contributed by atoms with E-state index in [0.717, 1.165) is 31.1 Å². The minimum absolute atomic E-state index is 0.249. The Balaban J connectivity index is 1.56. The van der Waals surface area contributed by atoms with Gasteiger partial charge in [-0.05, 0) is 80.4 Å². The number of hydrogen-bond donors (Lipinski definition) is 1. The van der Waals surface area contributed by atoms with Crippen molar-refractivity contribution in [3.8, 4) is 5.69 Å². The summed E-state index contributed by atoms with van der Waals surface area (Å²) >= 11 is 0. The average Bonchev–Trinajstić information content (AvgIpc) is 2.73. The summed E-state index contributed by atoms with van der Waals surface area (Å²) in [7, 11) is 0. The van der Waals surface area contributed by atoms with Crippen LogP contribution >= 0.6 is 0 Å². The number of hydrogen-bond acceptors (Lipinski definition) is 3. The van der Waals surface area contributed by atoms with Gasteiger partial charge in [-0.1, -0.05) is 26.0 Å². The van der Waals surface area contributed by atoms with Crippen molar-refractivity contribution in [2.45, 2.75) is 52.0 Å². The fourth-order valence-electron chi connectivity index (χ4n) is 4.74. The van der Waals surface area contributed by atoms with Gasteiger partial charge in [-0.15, -0.1) is 0 Å². The monoisotopic (exact) mass is 393 g/mol. The first-order valence-corrected chi connectivity index (χ1v) is 10.8. The van der Waals surface area contributed by atoms with Crippen LogP contribution in [0.4, 0.5) is 0 Å². The van der Waals surface area contributed by atoms with Crippen molar-refractivity contribution in [2.24, 2.45) is 5.92 Å². The molecule has 3 fully saturated rings. The highest BCUT2D eigenvalue weighted by Gasteiger charge is 2.33. The average molecular weight is 394 g/mol. The predicted molar refractivity (Wildman–Crippen MR) is 116 cm³/mol. The number of pyridine rings is 1. The number of carbonyl (C=O) groups is 1. The molecule has 4 heterocycles. The molecule has 3 aliphatic rings. The second-order valence-electron chi connectivity index (χ2n) is 8.88. The van der Waals surface area contributed by atoms with E-state index in [1.165, 1.54) is 18.4 Å². The molecule has 1 atom stereocenters. The van der Waals surface area contributed by atoms with Gasteiger partial charge in [-0.25, -0.2) is 0 Å². The number of fused-ring (bicyclic) bond motifs is 3. The number of benzene rings is 1. The van der Waals surface area contributed by atoms with Gasteiger partial charge < -0.3 is 5.32 Å². The summed E-state index contributed by atoms with van der Waals surface area (Å²) in [4.78, 5) is 28.6. The zero-order valence-corrected chi connectivity index (χ0v) is 17.6. The molecule has 0 saturated carbocycles. The summed E-state index contributed by atoms with van der Waals surface area (Å²) < 4.78 is 1.58. The second-order valence-corrected chi connectivity index (χ2v) is 8.88. The predicted octanol–water partition coefficient (Wildman–Crippen LogP) is 3.48. The van der Waals surface area contributed by atoms with Crippen LogP contribution in [0.25, 0.3) is 5.69 Å². The molecule has 5 rings (SSSR count). The summed E-state index contributed by atoms with van der Waals surface area (Å²) in [6.45, 7) is 8.97. The highest BCUT2D eigenvalue weighted by molar-refractivity contribution is 5.95. The van der Waals surface area contributed by atoms with E-state index >= 15 is 0 Å². The molecule has 5 nitrogen and oxygen atoms in total. The van der Waals surface area contributed by atoms with E-state index in [4.69, 9.17) is 0 Å². The van der Waals surface area contributed by atoms with Crippen LogP contribution in [0, 0.1) is 12.8 Å². The largest absolute Gasteiger partial charge is 0.350 e. The summed E-state index contributed by atoms with van der Waals surface area (Å²) in [6.07, 6.45) is 5.48. The molecule has 0 spiro atoms. The Morgan fingerprint density at radius 3 is 2.62 bits per heavy atom. The molecule has 1 amide bonds. The summed E-state index contributed by atoms with van der Waals surface area (Å²) in [6, 6.07) is 10.2. The van der Waals surface area contributed by atoms with Gasteiger partial charge in [0.05, 0.1) is 0 Å². The standard InChI is InChI=1S/C24H31N3O2/c1-16(2)19-5-4-6-20(14-19)27-12-7-17(3)22(24(27)29)23(28)25-15-21-13-18-8-10-26(21)11-9-18/h4-7,12,14,16,18,21H,8-11,13,15H2,1-3H3,(H,25,28). The molecule has 2 aromatic rings. The van der Waals surface area contributed by atoms with E-state index in [2.05, 4.69) is 30.1 Å². The van der Waals surface area contributed by atoms with Crippen molar-refractivity contribution in [3.63, 3.8) is 0 Å². The van der Waals surface area contributed by atoms with Gasteiger partial charge in [0, 0.05) is 24.5 Å². The lowest BCUT2D eigenvalue weighted by molar-refractivity contribution is 0.0481. The quantitative estimate of drug-likeness (QED) is 0.846. The van der Waals surface area contributed by atoms with Gasteiger partial charge in [0.1, 0.15) is 5.56 Å². The number of amides is 1. The molecular formula is C24H31N3O2. The lowest BCUT2D eigenvalue weighted by Gasteiger charge is -2.45. The fraction of sp³-hybridized carbons (Fsp3) is 0.500. The fourth-order valence-corrected chi connectivity index (χ4v) is 4.74. The molecule has 154 valence electrons. The van der Waals surface area contributed by atoms with Crippen LogP contribution < -0.4 is 10.9 Å². The van der Waals surface area contributed by atoms with Crippen LogP contribution in [-0.2, 0) is 0 Å². The topological polar surface area (TPSA) is 54.3 Å². The molecule has 1 N–H and O–H groups in total. The number of rotatable bonds is 5. The van der Waals surface area contributed by atoms with Crippen LogP contribution in [0.15, 0.2) is 41.3 Å². The van der Waals surface area contributed by atoms with E-state index in [9.17, 15) is 9.59 Å². The first-order valence-electron chi connectivity index (χ1n) is 10.8. The van der Waals surface area contributed by atoms with Gasteiger partial charge in [0.2, 0.25) is 0 Å². The number of piperidine rings is 3. The maximum absolute atomic E-state index is 13.2. The van der Waals surface area contributed by atoms with E-state index in [-0.39, 0.29) is 17.0 Å². The van der Waals surface area contributed by atoms with Crippen LogP contribution in [0.3, 0.4) is 0 Å². The second kappa shape index (κ2) is 8.15. The molecule has 0 aliphatic carbocycles. The molecule has 0 radical (unpaired) electrons. The van der Waals surface area contributed by atoms with Crippen molar-refractivity contribution in [1.29, 1.82) is 0 Å². The maximum atomic E-state index is 13.2. The number of nitrogens with one attached hydrogen (secondary N) is 1. The van der Waals surface area contributed by atoms with Crippen molar-refractivity contribution >= 4 is 5.91 Å². The van der Waals surface area contributed by atoms with Crippen LogP contribution in [-0.4, -0.2) is 41.1 Å². The lowest BCUT2D eigenvalue weighted by Crippen LogP contribution is -2.53. The molecule has 1 aromatic carbocycles. The molecule has 1 aromatic heterocycles. The molecule has 5 heteroatoms. The summed E-state index contributed by atoms with van der Waals surface area (Å²) in [5.41, 5.74) is 2.68. The minimum atomic E-state index is -0.260. The van der Waals surface area contributed by atoms with Crippen molar-refractivity contribution in [2.75, 3.05) is 19.6 Å². The molecule has 3 aliphatic heterocycles. The Labute approximate surface area is 172 Å². The third-order valence-corrected chi connectivity index (χ3v) is 6.61. The van der Waals surface area contributed by atoms with Gasteiger partial charge in [-0.2, -0.15) is 0 Å². The molecule has 29 heavy (non-hydrogen) atoms. The van der Waals surface area contributed by atoms with Crippen LogP contribution in [0.2, 0.25) is 0 Å². The first kappa shape index (κ1) is 19.9. The summed E-state index contributed by atoms with van der Waals surface area (Å²) in [5, 5.41) is 3.05. The van der Waals surface area contributed by atoms with Crippen LogP contribution in [0.5, 0.6) is 0 Å². The highest BCUT2D eigenvalue weighted by atomic mass is 16.2. The zero-order chi connectivity index (χ0) is 20.5. The molecule has 1 unspecified atom stereocenters. The number of nitrogens with zero attached hydrogens (tertiary/aromatic N) is 2.